The van der Waals surface area contributed by atoms with Crippen LogP contribution in [0.4, 0.5) is 0 Å². The van der Waals surface area contributed by atoms with E-state index in [0.29, 0.717) is 18.0 Å². The highest BCUT2D eigenvalue weighted by Crippen LogP contribution is 2.37. The van der Waals surface area contributed by atoms with E-state index in [1.54, 1.807) is 19.2 Å². The number of nitrogens with zero attached hydrogens (tertiary/aromatic N) is 3. The molecule has 4 atom stereocenters. The molecular weight excluding hydrogens is 466 g/mol. The van der Waals surface area contributed by atoms with Gasteiger partial charge >= 0.3 is 0 Å². The molecule has 2 aromatic carbocycles. The molecule has 2 unspecified atom stereocenters. The molecule has 7 nitrogen and oxygen atoms in total. The molecule has 0 bridgehead atoms. The van der Waals surface area contributed by atoms with Crippen molar-refractivity contribution < 1.29 is 19.0 Å². The molecule has 0 aromatic heterocycles. The lowest BCUT2D eigenvalue weighted by Gasteiger charge is -2.37. The van der Waals surface area contributed by atoms with Crippen molar-refractivity contribution in [2.45, 2.75) is 52.0 Å². The lowest BCUT2D eigenvalue weighted by molar-refractivity contribution is -0.138. The normalized spacial score (nSPS) is 26.0. The van der Waals surface area contributed by atoms with Crippen LogP contribution in [0.15, 0.2) is 59.7 Å². The summed E-state index contributed by atoms with van der Waals surface area (Å²) in [5.41, 5.74) is 4.23. The molecule has 2 aliphatic heterocycles. The van der Waals surface area contributed by atoms with E-state index in [9.17, 15) is 4.79 Å². The second-order valence-corrected chi connectivity index (χ2v) is 10.4. The molecule has 0 saturated carbocycles. The van der Waals surface area contributed by atoms with Gasteiger partial charge < -0.3 is 14.2 Å². The van der Waals surface area contributed by atoms with Crippen molar-refractivity contribution in [1.29, 1.82) is 0 Å². The summed E-state index contributed by atoms with van der Waals surface area (Å²) >= 11 is 0. The lowest BCUT2D eigenvalue weighted by atomic mass is 9.76. The molecule has 1 amide bonds. The number of amides is 1. The number of morpholine rings is 1. The van der Waals surface area contributed by atoms with Crippen LogP contribution >= 0.6 is 0 Å². The fourth-order valence-electron chi connectivity index (χ4n) is 5.81. The maximum atomic E-state index is 13.5. The lowest BCUT2D eigenvalue weighted by Crippen LogP contribution is -2.45. The Kier molecular flexibility index (Phi) is 7.63. The third-order valence-corrected chi connectivity index (χ3v) is 7.52. The number of fused-ring (bicyclic) bond motifs is 1. The Hall–Kier alpha value is -3.16. The van der Waals surface area contributed by atoms with E-state index in [-0.39, 0.29) is 30.0 Å². The Morgan fingerprint density at radius 2 is 1.49 bits per heavy atom. The molecule has 1 fully saturated rings. The number of methoxy groups -OCH3 is 2. The first-order chi connectivity index (χ1) is 17.9. The molecule has 37 heavy (non-hydrogen) atoms. The Morgan fingerprint density at radius 1 is 0.865 bits per heavy atom. The average molecular weight is 504 g/mol. The molecule has 196 valence electrons. The molecule has 0 N–H and O–H groups in total. The van der Waals surface area contributed by atoms with Crippen molar-refractivity contribution in [2.24, 2.45) is 16.9 Å². The van der Waals surface area contributed by atoms with Crippen LogP contribution in [-0.4, -0.2) is 61.0 Å². The largest absolute Gasteiger partial charge is 0.493 e. The fraction of sp³-hybridized carbons (Fsp3) is 0.467. The van der Waals surface area contributed by atoms with Gasteiger partial charge in [0.15, 0.2) is 11.5 Å². The van der Waals surface area contributed by atoms with E-state index in [1.165, 1.54) is 5.56 Å². The van der Waals surface area contributed by atoms with Gasteiger partial charge in [-0.15, -0.1) is 0 Å². The van der Waals surface area contributed by atoms with E-state index in [4.69, 9.17) is 19.3 Å². The minimum atomic E-state index is -0.102. The SMILES string of the molecule is COc1ccc(C2=NN(Cc3ccc(CN4CC(C)OC(C)C4)cc3)C(=O)[C@H]3CC=CC[C@@H]23)cc1OC. The van der Waals surface area contributed by atoms with Gasteiger partial charge in [0, 0.05) is 31.1 Å². The molecule has 0 radical (unpaired) electrons. The molecule has 1 aliphatic carbocycles. The number of carbonyl (C=O) groups is 1. The molecule has 2 aromatic rings. The number of benzene rings is 2. The highest BCUT2D eigenvalue weighted by molar-refractivity contribution is 6.07. The van der Waals surface area contributed by atoms with Gasteiger partial charge in [-0.25, -0.2) is 5.01 Å². The summed E-state index contributed by atoms with van der Waals surface area (Å²) in [4.78, 5) is 15.9. The smallest absolute Gasteiger partial charge is 0.247 e. The highest BCUT2D eigenvalue weighted by Gasteiger charge is 2.40. The van der Waals surface area contributed by atoms with E-state index in [0.717, 1.165) is 49.3 Å². The van der Waals surface area contributed by atoms with Crippen LogP contribution < -0.4 is 9.47 Å². The summed E-state index contributed by atoms with van der Waals surface area (Å²) in [6.45, 7) is 7.50. The minimum Gasteiger partial charge on any atom is -0.493 e. The van der Waals surface area contributed by atoms with Gasteiger partial charge in [0.25, 0.3) is 0 Å². The predicted octanol–water partition coefficient (Wildman–Crippen LogP) is 4.64. The monoisotopic (exact) mass is 503 g/mol. The van der Waals surface area contributed by atoms with E-state index < -0.39 is 0 Å². The maximum absolute atomic E-state index is 13.5. The van der Waals surface area contributed by atoms with Gasteiger partial charge in [-0.2, -0.15) is 5.10 Å². The topological polar surface area (TPSA) is 63.6 Å². The Labute approximate surface area is 219 Å². The van der Waals surface area contributed by atoms with Crippen molar-refractivity contribution in [3.8, 4) is 11.5 Å². The summed E-state index contributed by atoms with van der Waals surface area (Å²) in [6, 6.07) is 14.4. The first-order valence-electron chi connectivity index (χ1n) is 13.2. The van der Waals surface area contributed by atoms with Crippen LogP contribution in [0.3, 0.4) is 0 Å². The molecule has 0 spiro atoms. The number of ether oxygens (including phenoxy) is 3. The van der Waals surface area contributed by atoms with Gasteiger partial charge in [0.1, 0.15) is 0 Å². The van der Waals surface area contributed by atoms with Crippen molar-refractivity contribution in [2.75, 3.05) is 27.3 Å². The number of allylic oxidation sites excluding steroid dienone is 2. The predicted molar refractivity (Wildman–Crippen MR) is 144 cm³/mol. The molecule has 2 heterocycles. The summed E-state index contributed by atoms with van der Waals surface area (Å²) in [6.07, 6.45) is 6.34. The summed E-state index contributed by atoms with van der Waals surface area (Å²) in [5.74, 6) is 1.40. The van der Waals surface area contributed by atoms with Crippen LogP contribution in [0.1, 0.15) is 43.4 Å². The van der Waals surface area contributed by atoms with Gasteiger partial charge in [0.05, 0.1) is 44.6 Å². The van der Waals surface area contributed by atoms with E-state index in [2.05, 4.69) is 55.2 Å². The molecular formula is C30H37N3O4. The number of hydrogen-bond donors (Lipinski definition) is 0. The van der Waals surface area contributed by atoms with Crippen molar-refractivity contribution in [3.05, 3.63) is 71.3 Å². The number of hydrazone groups is 1. The first-order valence-corrected chi connectivity index (χ1v) is 13.2. The summed E-state index contributed by atoms with van der Waals surface area (Å²) in [5, 5.41) is 6.58. The van der Waals surface area contributed by atoms with Gasteiger partial charge in [-0.05, 0) is 56.0 Å². The third-order valence-electron chi connectivity index (χ3n) is 7.52. The van der Waals surface area contributed by atoms with E-state index >= 15 is 0 Å². The second-order valence-electron chi connectivity index (χ2n) is 10.4. The zero-order valence-corrected chi connectivity index (χ0v) is 22.2. The number of rotatable bonds is 7. The molecule has 1 saturated heterocycles. The van der Waals surface area contributed by atoms with Crippen LogP contribution in [0, 0.1) is 11.8 Å². The Morgan fingerprint density at radius 3 is 2.14 bits per heavy atom. The van der Waals surface area contributed by atoms with Gasteiger partial charge in [0.2, 0.25) is 5.91 Å². The zero-order chi connectivity index (χ0) is 25.9. The van der Waals surface area contributed by atoms with Crippen LogP contribution in [0.5, 0.6) is 11.5 Å². The van der Waals surface area contributed by atoms with Gasteiger partial charge in [-0.1, -0.05) is 36.4 Å². The maximum Gasteiger partial charge on any atom is 0.247 e. The Bertz CT molecular complexity index is 1170. The standard InChI is InChI=1S/C30H37N3O4/c1-20-16-32(17-21(2)37-20)18-22-9-11-23(12-10-22)19-33-30(34)26-8-6-5-7-25(26)29(31-33)24-13-14-27(35-3)28(15-24)36-4/h5-6,9-15,20-21,25-26H,7-8,16-19H2,1-4H3/t20?,21?,25-,26+/m1/s1. The second kappa shape index (κ2) is 11.1. The zero-order valence-electron chi connectivity index (χ0n) is 22.2. The Balaban J connectivity index is 1.36. The highest BCUT2D eigenvalue weighted by atomic mass is 16.5. The molecule has 3 aliphatic rings. The third kappa shape index (κ3) is 5.58. The number of carbonyl (C=O) groups excluding carboxylic acids is 1. The first kappa shape index (κ1) is 25.5. The summed E-state index contributed by atoms with van der Waals surface area (Å²) < 4.78 is 16.8. The minimum absolute atomic E-state index is 0.0625. The fourth-order valence-corrected chi connectivity index (χ4v) is 5.81. The quantitative estimate of drug-likeness (QED) is 0.515. The van der Waals surface area contributed by atoms with E-state index in [1.807, 2.05) is 18.2 Å². The van der Waals surface area contributed by atoms with Gasteiger partial charge in [-0.3, -0.25) is 9.69 Å². The molecule has 7 heteroatoms. The summed E-state index contributed by atoms with van der Waals surface area (Å²) in [7, 11) is 3.27. The number of hydrogen-bond acceptors (Lipinski definition) is 6. The van der Waals surface area contributed by atoms with Crippen molar-refractivity contribution >= 4 is 11.6 Å². The van der Waals surface area contributed by atoms with Crippen LogP contribution in [0.2, 0.25) is 0 Å². The van der Waals surface area contributed by atoms with Crippen molar-refractivity contribution in [1.82, 2.24) is 9.91 Å². The molecule has 5 rings (SSSR count). The average Bonchev–Trinajstić information content (AvgIpc) is 2.90. The van der Waals surface area contributed by atoms with Crippen LogP contribution in [0.25, 0.3) is 0 Å². The van der Waals surface area contributed by atoms with Crippen molar-refractivity contribution in [3.63, 3.8) is 0 Å². The van der Waals surface area contributed by atoms with Crippen LogP contribution in [-0.2, 0) is 22.6 Å².